The smallest absolute Gasteiger partial charge is 0.153 e. The van der Waals surface area contributed by atoms with Crippen molar-refractivity contribution in [3.05, 3.63) is 35.3 Å². The summed E-state index contributed by atoms with van der Waals surface area (Å²) in [5.41, 5.74) is 1.36. The number of hydroxylamine groups is 1. The Labute approximate surface area is 148 Å². The summed E-state index contributed by atoms with van der Waals surface area (Å²) in [6.07, 6.45) is 21.6. The molecule has 1 aromatic heterocycles. The summed E-state index contributed by atoms with van der Waals surface area (Å²) in [4.78, 5) is 4.16. The van der Waals surface area contributed by atoms with E-state index in [0.717, 1.165) is 24.0 Å². The number of hydrogen-bond acceptors (Lipinski definition) is 2. The van der Waals surface area contributed by atoms with Gasteiger partial charge in [0.15, 0.2) is 12.8 Å². The molecule has 0 atom stereocenters. The van der Waals surface area contributed by atoms with Crippen LogP contribution in [0, 0.1) is 5.21 Å². The van der Waals surface area contributed by atoms with Crippen molar-refractivity contribution in [3.8, 4) is 0 Å². The number of hydrogen-bond donors (Lipinski definition) is 0. The van der Waals surface area contributed by atoms with Crippen molar-refractivity contribution in [3.63, 3.8) is 0 Å². The van der Waals surface area contributed by atoms with Crippen molar-refractivity contribution in [1.82, 2.24) is 4.98 Å². The average Bonchev–Trinajstić information content (AvgIpc) is 2.61. The molecule has 1 aromatic rings. The fraction of sp³-hybridized carbons (Fsp3) is 0.714. The van der Waals surface area contributed by atoms with Gasteiger partial charge in [-0.1, -0.05) is 57.9 Å². The Kier molecular flexibility index (Phi) is 13.1. The molecular formula is C21H36N2O. The lowest BCUT2D eigenvalue weighted by Gasteiger charge is -2.04. The molecule has 0 amide bonds. The fourth-order valence-corrected chi connectivity index (χ4v) is 2.92. The Bertz CT molecular complexity index is 417. The highest BCUT2D eigenvalue weighted by atomic mass is 16.5. The Hall–Kier alpha value is -1.38. The number of unbranched alkanes of at least 4 members (excludes halogenated alkanes) is 10. The number of pyridine rings is 1. The SMILES string of the molecule is CCC/C=[N+](\[O-])CCCCCCCCCCCCc1cccnc1. The Morgan fingerprint density at radius 1 is 0.958 bits per heavy atom. The molecular weight excluding hydrogens is 296 g/mol. The van der Waals surface area contributed by atoms with E-state index < -0.39 is 0 Å². The maximum atomic E-state index is 11.4. The van der Waals surface area contributed by atoms with E-state index in [4.69, 9.17) is 0 Å². The quantitative estimate of drug-likeness (QED) is 0.132. The molecule has 3 nitrogen and oxygen atoms in total. The Balaban J connectivity index is 1.79. The third kappa shape index (κ3) is 12.1. The van der Waals surface area contributed by atoms with E-state index in [9.17, 15) is 5.21 Å². The molecule has 0 saturated heterocycles. The third-order valence-corrected chi connectivity index (χ3v) is 4.44. The zero-order valence-corrected chi connectivity index (χ0v) is 15.6. The number of rotatable bonds is 15. The summed E-state index contributed by atoms with van der Waals surface area (Å²) in [7, 11) is 0. The summed E-state index contributed by atoms with van der Waals surface area (Å²) in [6.45, 7) is 2.78. The lowest BCUT2D eigenvalue weighted by molar-refractivity contribution is -0.454. The van der Waals surface area contributed by atoms with E-state index >= 15 is 0 Å². The highest BCUT2D eigenvalue weighted by Gasteiger charge is 1.97. The first kappa shape index (κ1) is 20.7. The van der Waals surface area contributed by atoms with Gasteiger partial charge in [-0.2, -0.15) is 0 Å². The van der Waals surface area contributed by atoms with Gasteiger partial charge >= 0.3 is 0 Å². The van der Waals surface area contributed by atoms with E-state index in [1.54, 1.807) is 6.21 Å². The van der Waals surface area contributed by atoms with Crippen LogP contribution in [-0.4, -0.2) is 22.5 Å². The van der Waals surface area contributed by atoms with Gasteiger partial charge in [0.25, 0.3) is 0 Å². The molecule has 0 saturated carbocycles. The molecule has 1 heterocycles. The molecule has 0 bridgehead atoms. The minimum atomic E-state index is 0.678. The highest BCUT2D eigenvalue weighted by molar-refractivity contribution is 5.50. The van der Waals surface area contributed by atoms with Gasteiger partial charge in [-0.15, -0.1) is 0 Å². The third-order valence-electron chi connectivity index (χ3n) is 4.44. The first-order valence-electron chi connectivity index (χ1n) is 9.99. The first-order chi connectivity index (χ1) is 11.8. The van der Waals surface area contributed by atoms with Gasteiger partial charge in [0.05, 0.1) is 0 Å². The van der Waals surface area contributed by atoms with Gasteiger partial charge in [-0.3, -0.25) is 4.98 Å². The monoisotopic (exact) mass is 332 g/mol. The number of nitrogens with zero attached hydrogens (tertiary/aromatic N) is 2. The second kappa shape index (κ2) is 15.2. The molecule has 0 radical (unpaired) electrons. The highest BCUT2D eigenvalue weighted by Crippen LogP contribution is 2.12. The summed E-state index contributed by atoms with van der Waals surface area (Å²) in [5, 5.41) is 11.4. The van der Waals surface area contributed by atoms with E-state index in [2.05, 4.69) is 18.0 Å². The molecule has 0 spiro atoms. The summed E-state index contributed by atoms with van der Waals surface area (Å²) < 4.78 is 1.12. The van der Waals surface area contributed by atoms with Gasteiger partial charge in [-0.05, 0) is 37.3 Å². The Morgan fingerprint density at radius 2 is 1.58 bits per heavy atom. The summed E-state index contributed by atoms with van der Waals surface area (Å²) in [5.74, 6) is 0. The predicted octanol–water partition coefficient (Wildman–Crippen LogP) is 5.91. The number of aromatic nitrogens is 1. The lowest BCUT2D eigenvalue weighted by atomic mass is 10.0. The molecule has 1 rings (SSSR count). The molecule has 0 aliphatic carbocycles. The van der Waals surface area contributed by atoms with E-state index in [-0.39, 0.29) is 0 Å². The largest absolute Gasteiger partial charge is 0.624 e. The van der Waals surface area contributed by atoms with Crippen LogP contribution in [0.5, 0.6) is 0 Å². The van der Waals surface area contributed by atoms with Crippen LogP contribution in [0.1, 0.15) is 89.5 Å². The van der Waals surface area contributed by atoms with Crippen molar-refractivity contribution < 1.29 is 4.74 Å². The van der Waals surface area contributed by atoms with E-state index in [1.165, 1.54) is 69.8 Å². The molecule has 0 N–H and O–H groups in total. The van der Waals surface area contributed by atoms with Crippen molar-refractivity contribution in [2.45, 2.75) is 90.4 Å². The predicted molar refractivity (Wildman–Crippen MR) is 104 cm³/mol. The van der Waals surface area contributed by atoms with Crippen LogP contribution in [0.3, 0.4) is 0 Å². The van der Waals surface area contributed by atoms with Crippen LogP contribution in [-0.2, 0) is 6.42 Å². The van der Waals surface area contributed by atoms with Crippen LogP contribution in [0.2, 0.25) is 0 Å². The van der Waals surface area contributed by atoms with Crippen LogP contribution >= 0.6 is 0 Å². The van der Waals surface area contributed by atoms with Crippen LogP contribution in [0.4, 0.5) is 0 Å². The maximum absolute atomic E-state index is 11.4. The van der Waals surface area contributed by atoms with Gasteiger partial charge in [-0.25, -0.2) is 4.74 Å². The second-order valence-corrected chi connectivity index (χ2v) is 6.76. The second-order valence-electron chi connectivity index (χ2n) is 6.76. The minimum absolute atomic E-state index is 0.678. The molecule has 24 heavy (non-hydrogen) atoms. The summed E-state index contributed by atoms with van der Waals surface area (Å²) >= 11 is 0. The van der Waals surface area contributed by atoms with Crippen molar-refractivity contribution >= 4 is 6.21 Å². The molecule has 0 aliphatic heterocycles. The summed E-state index contributed by atoms with van der Waals surface area (Å²) in [6, 6.07) is 4.19. The number of aryl methyl sites for hydroxylation is 1. The first-order valence-corrected chi connectivity index (χ1v) is 9.99. The van der Waals surface area contributed by atoms with Crippen LogP contribution < -0.4 is 0 Å². The lowest BCUT2D eigenvalue weighted by Crippen LogP contribution is -2.06. The average molecular weight is 333 g/mol. The normalized spacial score (nSPS) is 11.8. The molecule has 0 fully saturated rings. The van der Waals surface area contributed by atoms with Crippen LogP contribution in [0.25, 0.3) is 0 Å². The fourth-order valence-electron chi connectivity index (χ4n) is 2.92. The van der Waals surface area contributed by atoms with Crippen molar-refractivity contribution in [2.75, 3.05) is 6.54 Å². The molecule has 0 aromatic carbocycles. The zero-order valence-electron chi connectivity index (χ0n) is 15.6. The molecule has 0 aliphatic rings. The van der Waals surface area contributed by atoms with Crippen LogP contribution in [0.15, 0.2) is 24.5 Å². The molecule has 136 valence electrons. The Morgan fingerprint density at radius 3 is 2.17 bits per heavy atom. The van der Waals surface area contributed by atoms with Gasteiger partial charge in [0.1, 0.15) is 0 Å². The maximum Gasteiger partial charge on any atom is 0.153 e. The molecule has 3 heteroatoms. The van der Waals surface area contributed by atoms with Crippen molar-refractivity contribution in [2.24, 2.45) is 0 Å². The van der Waals surface area contributed by atoms with E-state index in [0.29, 0.717) is 6.54 Å². The topological polar surface area (TPSA) is 39.0 Å². The van der Waals surface area contributed by atoms with Crippen molar-refractivity contribution in [1.29, 1.82) is 0 Å². The standard InChI is InChI=1S/C21H36N2O/c1-2-3-18-23(24)19-13-11-9-7-5-4-6-8-10-12-15-21-16-14-17-22-20-21/h14,16-18,20H,2-13,15,19H2,1H3/b23-18-. The minimum Gasteiger partial charge on any atom is -0.624 e. The van der Waals surface area contributed by atoms with Gasteiger partial charge in [0, 0.05) is 25.2 Å². The van der Waals surface area contributed by atoms with Gasteiger partial charge < -0.3 is 5.21 Å². The van der Waals surface area contributed by atoms with Gasteiger partial charge in [0.2, 0.25) is 0 Å². The van der Waals surface area contributed by atoms with E-state index in [1.807, 2.05) is 18.5 Å². The zero-order chi connectivity index (χ0) is 17.3. The molecule has 0 unspecified atom stereocenters.